The zero-order valence-electron chi connectivity index (χ0n) is 7.59. The fourth-order valence-electron chi connectivity index (χ4n) is 0.996. The van der Waals surface area contributed by atoms with Crippen LogP contribution in [0.4, 0.5) is 5.69 Å². The van der Waals surface area contributed by atoms with Crippen LogP contribution in [0, 0.1) is 12.3 Å². The van der Waals surface area contributed by atoms with Crippen LogP contribution in [-0.2, 0) is 4.79 Å². The van der Waals surface area contributed by atoms with Crippen LogP contribution in [0.1, 0.15) is 12.0 Å². The number of halogens is 1. The summed E-state index contributed by atoms with van der Waals surface area (Å²) in [5, 5.41) is 3.41. The monoisotopic (exact) mass is 251 g/mol. The largest absolute Gasteiger partial charge is 0.326 e. The van der Waals surface area contributed by atoms with Gasteiger partial charge in [-0.15, -0.1) is 6.42 Å². The van der Waals surface area contributed by atoms with E-state index in [1.165, 1.54) is 0 Å². The molecule has 0 saturated heterocycles. The third kappa shape index (κ3) is 3.23. The molecule has 72 valence electrons. The molecule has 1 rings (SSSR count). The van der Waals surface area contributed by atoms with E-state index in [9.17, 15) is 4.79 Å². The maximum absolute atomic E-state index is 11.2. The number of hydrogen-bond donors (Lipinski definition) is 1. The number of carbonyl (C=O) groups excluding carboxylic acids is 1. The molecule has 14 heavy (non-hydrogen) atoms. The smallest absolute Gasteiger partial charge is 0.225 e. The molecule has 0 unspecified atom stereocenters. The summed E-state index contributed by atoms with van der Waals surface area (Å²) in [7, 11) is 0. The van der Waals surface area contributed by atoms with Crippen LogP contribution < -0.4 is 5.32 Å². The van der Waals surface area contributed by atoms with Crippen LogP contribution >= 0.6 is 15.9 Å². The molecular weight excluding hydrogens is 242 g/mol. The summed E-state index contributed by atoms with van der Waals surface area (Å²) in [5.74, 6) is 2.49. The Kier molecular flexibility index (Phi) is 4.21. The molecule has 0 bridgehead atoms. The lowest BCUT2D eigenvalue weighted by Gasteiger charge is -2.03. The third-order valence-electron chi connectivity index (χ3n) is 1.63. The molecule has 1 N–H and O–H groups in total. The number of rotatable bonds is 3. The van der Waals surface area contributed by atoms with Crippen molar-refractivity contribution in [3.63, 3.8) is 0 Å². The molecule has 0 aliphatic carbocycles. The van der Waals surface area contributed by atoms with Gasteiger partial charge >= 0.3 is 0 Å². The average molecular weight is 252 g/mol. The summed E-state index contributed by atoms with van der Waals surface area (Å²) in [6.07, 6.45) is 5.70. The lowest BCUT2D eigenvalue weighted by molar-refractivity contribution is -0.115. The lowest BCUT2D eigenvalue weighted by Crippen LogP contribution is -2.11. The van der Waals surface area contributed by atoms with Crippen LogP contribution in [0.2, 0.25) is 0 Å². The van der Waals surface area contributed by atoms with Gasteiger partial charge in [0.1, 0.15) is 0 Å². The van der Waals surface area contributed by atoms with E-state index in [0.717, 1.165) is 11.3 Å². The molecule has 0 aliphatic heterocycles. The molecule has 0 heterocycles. The second-order valence-electron chi connectivity index (χ2n) is 2.71. The molecule has 0 fully saturated rings. The number of carbonyl (C=O) groups is 1. The second-order valence-corrected chi connectivity index (χ2v) is 3.51. The highest BCUT2D eigenvalue weighted by Gasteiger charge is 2.00. The highest BCUT2D eigenvalue weighted by Crippen LogP contribution is 2.09. The van der Waals surface area contributed by atoms with Crippen molar-refractivity contribution in [2.45, 2.75) is 6.42 Å². The van der Waals surface area contributed by atoms with E-state index in [0.29, 0.717) is 11.8 Å². The first kappa shape index (κ1) is 10.8. The van der Waals surface area contributed by atoms with E-state index in [4.69, 9.17) is 6.42 Å². The first-order valence-corrected chi connectivity index (χ1v) is 5.31. The molecule has 0 aliphatic rings. The van der Waals surface area contributed by atoms with Gasteiger partial charge in [-0.3, -0.25) is 4.79 Å². The highest BCUT2D eigenvalue weighted by atomic mass is 79.9. The normalized spacial score (nSPS) is 9.14. The SMILES string of the molecule is C#Cc1cccc(NC(=O)CCBr)c1. The minimum Gasteiger partial charge on any atom is -0.326 e. The first-order chi connectivity index (χ1) is 6.76. The van der Waals surface area contributed by atoms with E-state index >= 15 is 0 Å². The minimum atomic E-state index is -0.0175. The van der Waals surface area contributed by atoms with Crippen LogP contribution in [0.15, 0.2) is 24.3 Å². The van der Waals surface area contributed by atoms with Gasteiger partial charge in [0.2, 0.25) is 5.91 Å². The first-order valence-electron chi connectivity index (χ1n) is 4.18. The fourth-order valence-corrected chi connectivity index (χ4v) is 1.36. The molecule has 0 saturated carbocycles. The van der Waals surface area contributed by atoms with Gasteiger partial charge in [-0.05, 0) is 18.2 Å². The van der Waals surface area contributed by atoms with E-state index in [2.05, 4.69) is 27.2 Å². The summed E-state index contributed by atoms with van der Waals surface area (Å²) < 4.78 is 0. The summed E-state index contributed by atoms with van der Waals surface area (Å²) in [6.45, 7) is 0. The predicted octanol–water partition coefficient (Wildman–Crippen LogP) is 2.39. The van der Waals surface area contributed by atoms with Crippen molar-refractivity contribution in [1.82, 2.24) is 0 Å². The van der Waals surface area contributed by atoms with Crippen LogP contribution in [0.5, 0.6) is 0 Å². The van der Waals surface area contributed by atoms with Gasteiger partial charge in [0.25, 0.3) is 0 Å². The summed E-state index contributed by atoms with van der Waals surface area (Å²) in [5.41, 5.74) is 1.51. The zero-order chi connectivity index (χ0) is 10.4. The van der Waals surface area contributed by atoms with Crippen LogP contribution in [0.25, 0.3) is 0 Å². The molecule has 1 aromatic rings. The van der Waals surface area contributed by atoms with Crippen molar-refractivity contribution in [2.75, 3.05) is 10.6 Å². The number of hydrogen-bond acceptors (Lipinski definition) is 1. The van der Waals surface area contributed by atoms with Crippen LogP contribution in [0.3, 0.4) is 0 Å². The topological polar surface area (TPSA) is 29.1 Å². The van der Waals surface area contributed by atoms with Gasteiger partial charge in [-0.2, -0.15) is 0 Å². The quantitative estimate of drug-likeness (QED) is 0.649. The van der Waals surface area contributed by atoms with Gasteiger partial charge in [-0.25, -0.2) is 0 Å². The molecule has 3 heteroatoms. The fraction of sp³-hybridized carbons (Fsp3) is 0.182. The van der Waals surface area contributed by atoms with E-state index < -0.39 is 0 Å². The predicted molar refractivity (Wildman–Crippen MR) is 61.4 cm³/mol. The molecule has 1 amide bonds. The molecule has 0 atom stereocenters. The van der Waals surface area contributed by atoms with Gasteiger partial charge < -0.3 is 5.32 Å². The standard InChI is InChI=1S/C11H10BrNO/c1-2-9-4-3-5-10(8-9)13-11(14)6-7-12/h1,3-5,8H,6-7H2,(H,13,14). The molecule has 0 radical (unpaired) electrons. The maximum atomic E-state index is 11.2. The van der Waals surface area contributed by atoms with Crippen molar-refractivity contribution in [2.24, 2.45) is 0 Å². The van der Waals surface area contributed by atoms with Crippen molar-refractivity contribution in [3.05, 3.63) is 29.8 Å². The number of alkyl halides is 1. The Bertz CT molecular complexity index is 368. The number of anilines is 1. The highest BCUT2D eigenvalue weighted by molar-refractivity contribution is 9.09. The summed E-state index contributed by atoms with van der Waals surface area (Å²) >= 11 is 3.20. The van der Waals surface area contributed by atoms with Crippen molar-refractivity contribution in [3.8, 4) is 12.3 Å². The Labute approximate surface area is 91.8 Å². The summed E-state index contributed by atoms with van der Waals surface area (Å²) in [4.78, 5) is 11.2. The average Bonchev–Trinajstić information content (AvgIpc) is 2.18. The molecular formula is C11H10BrNO. The molecule has 0 spiro atoms. The van der Waals surface area contributed by atoms with E-state index in [1.807, 2.05) is 18.2 Å². The van der Waals surface area contributed by atoms with Crippen LogP contribution in [-0.4, -0.2) is 11.2 Å². The Morgan fingerprint density at radius 1 is 1.57 bits per heavy atom. The zero-order valence-corrected chi connectivity index (χ0v) is 9.17. The third-order valence-corrected chi connectivity index (χ3v) is 2.03. The Morgan fingerprint density at radius 2 is 2.36 bits per heavy atom. The van der Waals surface area contributed by atoms with Crippen molar-refractivity contribution >= 4 is 27.5 Å². The molecule has 0 aromatic heterocycles. The maximum Gasteiger partial charge on any atom is 0.225 e. The Hall–Kier alpha value is -1.27. The Morgan fingerprint density at radius 3 is 3.00 bits per heavy atom. The number of benzene rings is 1. The van der Waals surface area contributed by atoms with Gasteiger partial charge in [-0.1, -0.05) is 27.9 Å². The number of terminal acetylenes is 1. The van der Waals surface area contributed by atoms with Gasteiger partial charge in [0.15, 0.2) is 0 Å². The summed E-state index contributed by atoms with van der Waals surface area (Å²) in [6, 6.07) is 7.22. The lowest BCUT2D eigenvalue weighted by atomic mass is 10.2. The van der Waals surface area contributed by atoms with Gasteiger partial charge in [0, 0.05) is 23.0 Å². The number of amides is 1. The minimum absolute atomic E-state index is 0.0175. The van der Waals surface area contributed by atoms with Gasteiger partial charge in [0.05, 0.1) is 0 Å². The number of nitrogens with one attached hydrogen (secondary N) is 1. The molecule has 1 aromatic carbocycles. The van der Waals surface area contributed by atoms with Crippen molar-refractivity contribution in [1.29, 1.82) is 0 Å². The van der Waals surface area contributed by atoms with E-state index in [-0.39, 0.29) is 5.91 Å². The molecule has 2 nitrogen and oxygen atoms in total. The van der Waals surface area contributed by atoms with Crippen molar-refractivity contribution < 1.29 is 4.79 Å². The van der Waals surface area contributed by atoms with E-state index in [1.54, 1.807) is 6.07 Å². The Balaban J connectivity index is 2.68. The second kappa shape index (κ2) is 5.46.